The van der Waals surface area contributed by atoms with Crippen LogP contribution in [-0.4, -0.2) is 35.8 Å². The Bertz CT molecular complexity index is 303. The van der Waals surface area contributed by atoms with Crippen molar-refractivity contribution in [3.8, 4) is 0 Å². The minimum Gasteiger partial charge on any atom is -0.375 e. The number of anilines is 1. The molecule has 76 valence electrons. The van der Waals surface area contributed by atoms with Crippen LogP contribution in [0.25, 0.3) is 0 Å². The fraction of sp³-hybridized carbons (Fsp3) is 0.556. The first-order valence-electron chi connectivity index (χ1n) is 4.60. The fourth-order valence-electron chi connectivity index (χ4n) is 1.47. The van der Waals surface area contributed by atoms with E-state index in [-0.39, 0.29) is 6.10 Å². The van der Waals surface area contributed by atoms with E-state index in [1.165, 1.54) is 0 Å². The van der Waals surface area contributed by atoms with Crippen LogP contribution in [0.4, 0.5) is 5.95 Å². The summed E-state index contributed by atoms with van der Waals surface area (Å²) in [5.41, 5.74) is 0. The SMILES string of the molecule is CC1CN(c2ncc(Br)cn2)CCO1. The first-order valence-corrected chi connectivity index (χ1v) is 5.39. The lowest BCUT2D eigenvalue weighted by Crippen LogP contribution is -2.41. The first kappa shape index (κ1) is 9.86. The molecule has 0 N–H and O–H groups in total. The highest BCUT2D eigenvalue weighted by Crippen LogP contribution is 2.14. The number of aromatic nitrogens is 2. The van der Waals surface area contributed by atoms with E-state index < -0.39 is 0 Å². The Morgan fingerprint density at radius 3 is 2.86 bits per heavy atom. The van der Waals surface area contributed by atoms with Gasteiger partial charge in [0.25, 0.3) is 0 Å². The molecule has 2 heterocycles. The minimum atomic E-state index is 0.260. The molecule has 1 aliphatic rings. The van der Waals surface area contributed by atoms with E-state index in [1.807, 2.05) is 0 Å². The number of nitrogens with zero attached hydrogens (tertiary/aromatic N) is 3. The smallest absolute Gasteiger partial charge is 0.225 e. The molecule has 0 radical (unpaired) electrons. The van der Waals surface area contributed by atoms with E-state index in [2.05, 4.69) is 37.7 Å². The van der Waals surface area contributed by atoms with E-state index >= 15 is 0 Å². The molecular formula is C9H12BrN3O. The van der Waals surface area contributed by atoms with Crippen LogP contribution in [0, 0.1) is 0 Å². The second-order valence-corrected chi connectivity index (χ2v) is 4.24. The predicted octanol–water partition coefficient (Wildman–Crippen LogP) is 1.46. The van der Waals surface area contributed by atoms with Gasteiger partial charge in [-0.05, 0) is 22.9 Å². The predicted molar refractivity (Wildman–Crippen MR) is 57.4 cm³/mol. The van der Waals surface area contributed by atoms with Gasteiger partial charge in [0.15, 0.2) is 0 Å². The fourth-order valence-corrected chi connectivity index (χ4v) is 1.67. The molecule has 0 aliphatic carbocycles. The average Bonchev–Trinajstić information content (AvgIpc) is 2.19. The van der Waals surface area contributed by atoms with Gasteiger partial charge in [-0.15, -0.1) is 0 Å². The maximum Gasteiger partial charge on any atom is 0.225 e. The van der Waals surface area contributed by atoms with Gasteiger partial charge in [-0.25, -0.2) is 9.97 Å². The van der Waals surface area contributed by atoms with E-state index in [9.17, 15) is 0 Å². The summed E-state index contributed by atoms with van der Waals surface area (Å²) in [5.74, 6) is 0.781. The maximum absolute atomic E-state index is 5.45. The highest BCUT2D eigenvalue weighted by molar-refractivity contribution is 9.10. The monoisotopic (exact) mass is 257 g/mol. The molecule has 0 saturated carbocycles. The van der Waals surface area contributed by atoms with E-state index in [1.54, 1.807) is 12.4 Å². The van der Waals surface area contributed by atoms with Crippen LogP contribution in [0.3, 0.4) is 0 Å². The zero-order chi connectivity index (χ0) is 9.97. The molecule has 2 rings (SSSR count). The summed E-state index contributed by atoms with van der Waals surface area (Å²) >= 11 is 3.31. The second kappa shape index (κ2) is 4.23. The zero-order valence-electron chi connectivity index (χ0n) is 7.98. The molecule has 5 heteroatoms. The number of hydrogen-bond donors (Lipinski definition) is 0. The Morgan fingerprint density at radius 1 is 1.50 bits per heavy atom. The number of hydrogen-bond acceptors (Lipinski definition) is 4. The third kappa shape index (κ3) is 2.22. The topological polar surface area (TPSA) is 38.2 Å². The second-order valence-electron chi connectivity index (χ2n) is 3.33. The van der Waals surface area contributed by atoms with Gasteiger partial charge in [0.05, 0.1) is 17.2 Å². The van der Waals surface area contributed by atoms with Crippen molar-refractivity contribution in [3.05, 3.63) is 16.9 Å². The van der Waals surface area contributed by atoms with Gasteiger partial charge < -0.3 is 9.64 Å². The van der Waals surface area contributed by atoms with Crippen LogP contribution in [0.5, 0.6) is 0 Å². The molecule has 1 saturated heterocycles. The first-order chi connectivity index (χ1) is 6.75. The van der Waals surface area contributed by atoms with Gasteiger partial charge in [0.2, 0.25) is 5.95 Å². The van der Waals surface area contributed by atoms with Crippen molar-refractivity contribution in [2.45, 2.75) is 13.0 Å². The molecule has 0 bridgehead atoms. The van der Waals surface area contributed by atoms with Crippen LogP contribution in [0.2, 0.25) is 0 Å². The Kier molecular flexibility index (Phi) is 2.98. The summed E-state index contributed by atoms with van der Waals surface area (Å²) < 4.78 is 6.35. The van der Waals surface area contributed by atoms with Gasteiger partial charge >= 0.3 is 0 Å². The van der Waals surface area contributed by atoms with Crippen molar-refractivity contribution in [1.82, 2.24) is 9.97 Å². The van der Waals surface area contributed by atoms with Crippen LogP contribution in [0.15, 0.2) is 16.9 Å². The zero-order valence-corrected chi connectivity index (χ0v) is 9.57. The lowest BCUT2D eigenvalue weighted by molar-refractivity contribution is 0.0526. The Balaban J connectivity index is 2.10. The molecule has 1 aromatic heterocycles. The Labute approximate surface area is 91.4 Å². The normalized spacial score (nSPS) is 22.4. The molecule has 1 unspecified atom stereocenters. The Hall–Kier alpha value is -0.680. The number of morpholine rings is 1. The highest BCUT2D eigenvalue weighted by Gasteiger charge is 2.18. The average molecular weight is 258 g/mol. The van der Waals surface area contributed by atoms with Crippen molar-refractivity contribution >= 4 is 21.9 Å². The molecule has 4 nitrogen and oxygen atoms in total. The summed E-state index contributed by atoms with van der Waals surface area (Å²) in [4.78, 5) is 10.6. The van der Waals surface area contributed by atoms with Crippen molar-refractivity contribution in [2.24, 2.45) is 0 Å². The summed E-state index contributed by atoms with van der Waals surface area (Å²) in [5, 5.41) is 0. The maximum atomic E-state index is 5.45. The van der Waals surface area contributed by atoms with E-state index in [4.69, 9.17) is 4.74 Å². The lowest BCUT2D eigenvalue weighted by Gasteiger charge is -2.30. The van der Waals surface area contributed by atoms with Crippen molar-refractivity contribution in [2.75, 3.05) is 24.6 Å². The van der Waals surface area contributed by atoms with Gasteiger partial charge in [-0.3, -0.25) is 0 Å². The molecule has 1 atom stereocenters. The van der Waals surface area contributed by atoms with E-state index in [0.717, 1.165) is 30.1 Å². The molecule has 1 aromatic rings. The summed E-state index contributed by atoms with van der Waals surface area (Å²) in [6, 6.07) is 0. The van der Waals surface area contributed by atoms with Crippen LogP contribution >= 0.6 is 15.9 Å². The van der Waals surface area contributed by atoms with Crippen molar-refractivity contribution in [1.29, 1.82) is 0 Å². The summed E-state index contributed by atoms with van der Waals surface area (Å²) in [6.45, 7) is 4.54. The van der Waals surface area contributed by atoms with Crippen LogP contribution in [0.1, 0.15) is 6.92 Å². The standard InChI is InChI=1S/C9H12BrN3O/c1-7-6-13(2-3-14-7)9-11-4-8(10)5-12-9/h4-5,7H,2-3,6H2,1H3. The van der Waals surface area contributed by atoms with Gasteiger partial charge in [0, 0.05) is 25.5 Å². The van der Waals surface area contributed by atoms with Crippen LogP contribution in [-0.2, 0) is 4.74 Å². The number of rotatable bonds is 1. The molecule has 1 aliphatic heterocycles. The number of halogens is 1. The molecule has 1 fully saturated rings. The molecule has 0 spiro atoms. The minimum absolute atomic E-state index is 0.260. The number of ether oxygens (including phenoxy) is 1. The molecular weight excluding hydrogens is 246 g/mol. The third-order valence-electron chi connectivity index (χ3n) is 2.13. The van der Waals surface area contributed by atoms with Crippen LogP contribution < -0.4 is 4.90 Å². The third-order valence-corrected chi connectivity index (χ3v) is 2.54. The largest absolute Gasteiger partial charge is 0.375 e. The van der Waals surface area contributed by atoms with Gasteiger partial charge in [-0.1, -0.05) is 0 Å². The summed E-state index contributed by atoms with van der Waals surface area (Å²) in [7, 11) is 0. The van der Waals surface area contributed by atoms with Crippen molar-refractivity contribution < 1.29 is 4.74 Å². The lowest BCUT2D eigenvalue weighted by atomic mass is 10.3. The van der Waals surface area contributed by atoms with Crippen molar-refractivity contribution in [3.63, 3.8) is 0 Å². The summed E-state index contributed by atoms with van der Waals surface area (Å²) in [6.07, 6.45) is 3.79. The quantitative estimate of drug-likeness (QED) is 0.764. The molecule has 14 heavy (non-hydrogen) atoms. The Morgan fingerprint density at radius 2 is 2.21 bits per heavy atom. The highest BCUT2D eigenvalue weighted by atomic mass is 79.9. The molecule has 0 amide bonds. The van der Waals surface area contributed by atoms with E-state index in [0.29, 0.717) is 0 Å². The molecule has 0 aromatic carbocycles. The van der Waals surface area contributed by atoms with Gasteiger partial charge in [0.1, 0.15) is 0 Å². The van der Waals surface area contributed by atoms with Gasteiger partial charge in [-0.2, -0.15) is 0 Å².